The fraction of sp³-hybridized carbons (Fsp3) is 0.417. The fourth-order valence-corrected chi connectivity index (χ4v) is 2.46. The van der Waals surface area contributed by atoms with Crippen LogP contribution in [0.25, 0.3) is 0 Å². The molecule has 0 radical (unpaired) electrons. The molecular weight excluding hydrogens is 327 g/mol. The van der Waals surface area contributed by atoms with Crippen molar-refractivity contribution in [2.24, 2.45) is 0 Å². The molecule has 1 aromatic rings. The molecule has 0 fully saturated rings. The summed E-state index contributed by atoms with van der Waals surface area (Å²) < 4.78 is 42.6. The normalized spacial score (nSPS) is 18.4. The molecule has 3 nitrogen and oxygen atoms in total. The summed E-state index contributed by atoms with van der Waals surface area (Å²) in [5, 5.41) is 2.40. The second-order valence-electron chi connectivity index (χ2n) is 4.21. The van der Waals surface area contributed by atoms with E-state index >= 15 is 0 Å². The van der Waals surface area contributed by atoms with Gasteiger partial charge in [0, 0.05) is 12.0 Å². The van der Waals surface area contributed by atoms with Gasteiger partial charge in [-0.3, -0.25) is 4.79 Å². The summed E-state index contributed by atoms with van der Waals surface area (Å²) in [5.41, 5.74) is 0.691. The van der Waals surface area contributed by atoms with E-state index in [1.807, 2.05) is 0 Å². The van der Waals surface area contributed by atoms with Crippen molar-refractivity contribution in [3.63, 3.8) is 0 Å². The Morgan fingerprint density at radius 2 is 2.21 bits per heavy atom. The number of fused-ring (bicyclic) bond motifs is 1. The van der Waals surface area contributed by atoms with Crippen molar-refractivity contribution in [2.45, 2.75) is 25.1 Å². The lowest BCUT2D eigenvalue weighted by Crippen LogP contribution is -2.34. The molecule has 0 saturated carbocycles. The van der Waals surface area contributed by atoms with Crippen LogP contribution in [0.4, 0.5) is 13.2 Å². The number of ether oxygens (including phenoxy) is 1. The highest BCUT2D eigenvalue weighted by atomic mass is 79.9. The van der Waals surface area contributed by atoms with Gasteiger partial charge < -0.3 is 10.1 Å². The maximum atomic E-state index is 12.1. The van der Waals surface area contributed by atoms with E-state index in [2.05, 4.69) is 21.2 Å². The summed E-state index contributed by atoms with van der Waals surface area (Å²) in [6, 6.07) is 4.81. The Bertz CT molecular complexity index is 490. The Balaban J connectivity index is 2.12. The van der Waals surface area contributed by atoms with Crippen molar-refractivity contribution < 1.29 is 22.7 Å². The molecule has 0 aromatic heterocycles. The molecule has 1 aliphatic rings. The van der Waals surface area contributed by atoms with Gasteiger partial charge in [-0.25, -0.2) is 0 Å². The van der Waals surface area contributed by atoms with Crippen LogP contribution in [-0.2, 0) is 4.79 Å². The summed E-state index contributed by atoms with van der Waals surface area (Å²) in [4.78, 5) is 11.3. The number of alkyl halides is 3. The molecule has 1 aromatic carbocycles. The zero-order chi connectivity index (χ0) is 14.0. The Kier molecular flexibility index (Phi) is 4.03. The highest BCUT2D eigenvalue weighted by Crippen LogP contribution is 2.37. The van der Waals surface area contributed by atoms with Crippen molar-refractivity contribution in [1.82, 2.24) is 5.32 Å². The SMILES string of the molecule is O=C(CC(F)(F)F)N[C@H]1CCOc2c(Br)cccc21. The molecule has 1 aliphatic heterocycles. The average Bonchev–Trinajstić information content (AvgIpc) is 2.28. The number of amides is 1. The van der Waals surface area contributed by atoms with E-state index in [1.165, 1.54) is 0 Å². The predicted molar refractivity (Wildman–Crippen MR) is 65.8 cm³/mol. The van der Waals surface area contributed by atoms with E-state index in [0.29, 0.717) is 24.3 Å². The standard InChI is InChI=1S/C12H11BrF3NO2/c13-8-3-1-2-7-9(4-5-19-11(7)8)17-10(18)6-12(14,15)16/h1-3,9H,4-6H2,(H,17,18)/t9-/m0/s1. The van der Waals surface area contributed by atoms with Crippen LogP contribution in [0.2, 0.25) is 0 Å². The number of hydrogen-bond donors (Lipinski definition) is 1. The number of para-hydroxylation sites is 1. The lowest BCUT2D eigenvalue weighted by Gasteiger charge is -2.27. The van der Waals surface area contributed by atoms with E-state index in [4.69, 9.17) is 4.74 Å². The van der Waals surface area contributed by atoms with Gasteiger partial charge in [-0.1, -0.05) is 12.1 Å². The number of carbonyl (C=O) groups excluding carboxylic acids is 1. The summed E-state index contributed by atoms with van der Waals surface area (Å²) in [6.45, 7) is 0.354. The highest BCUT2D eigenvalue weighted by molar-refractivity contribution is 9.10. The van der Waals surface area contributed by atoms with Crippen LogP contribution < -0.4 is 10.1 Å². The molecule has 0 unspecified atom stereocenters. The van der Waals surface area contributed by atoms with Crippen LogP contribution in [0.3, 0.4) is 0 Å². The highest BCUT2D eigenvalue weighted by Gasteiger charge is 2.33. The molecule has 19 heavy (non-hydrogen) atoms. The van der Waals surface area contributed by atoms with Crippen LogP contribution in [0, 0.1) is 0 Å². The van der Waals surface area contributed by atoms with E-state index in [0.717, 1.165) is 4.47 Å². The van der Waals surface area contributed by atoms with Crippen molar-refractivity contribution in [2.75, 3.05) is 6.61 Å². The minimum Gasteiger partial charge on any atom is -0.492 e. The molecular formula is C12H11BrF3NO2. The molecule has 2 rings (SSSR count). The third-order valence-corrected chi connectivity index (χ3v) is 3.35. The minimum atomic E-state index is -4.49. The predicted octanol–water partition coefficient (Wildman–Crippen LogP) is 3.34. The number of halogens is 4. The molecule has 0 spiro atoms. The molecule has 7 heteroatoms. The topological polar surface area (TPSA) is 38.3 Å². The van der Waals surface area contributed by atoms with E-state index < -0.39 is 24.5 Å². The first-order valence-corrected chi connectivity index (χ1v) is 6.43. The van der Waals surface area contributed by atoms with Gasteiger partial charge in [0.05, 0.1) is 17.1 Å². The van der Waals surface area contributed by atoms with Crippen LogP contribution in [0.15, 0.2) is 22.7 Å². The van der Waals surface area contributed by atoms with Gasteiger partial charge >= 0.3 is 6.18 Å². The number of benzene rings is 1. The summed E-state index contributed by atoms with van der Waals surface area (Å²) in [5.74, 6) is -0.448. The Morgan fingerprint density at radius 1 is 1.47 bits per heavy atom. The van der Waals surface area contributed by atoms with Crippen molar-refractivity contribution >= 4 is 21.8 Å². The number of carbonyl (C=O) groups is 1. The second-order valence-corrected chi connectivity index (χ2v) is 5.06. The maximum absolute atomic E-state index is 12.1. The van der Waals surface area contributed by atoms with Gasteiger partial charge in [-0.05, 0) is 22.0 Å². The number of nitrogens with one attached hydrogen (secondary N) is 1. The molecule has 1 heterocycles. The monoisotopic (exact) mass is 337 g/mol. The molecule has 0 saturated heterocycles. The first-order chi connectivity index (χ1) is 8.87. The fourth-order valence-electron chi connectivity index (χ4n) is 1.96. The molecule has 1 amide bonds. The molecule has 1 N–H and O–H groups in total. The van der Waals surface area contributed by atoms with Gasteiger partial charge in [0.25, 0.3) is 0 Å². The zero-order valence-electron chi connectivity index (χ0n) is 9.76. The smallest absolute Gasteiger partial charge is 0.397 e. The van der Waals surface area contributed by atoms with Crippen molar-refractivity contribution in [1.29, 1.82) is 0 Å². The van der Waals surface area contributed by atoms with Crippen molar-refractivity contribution in [3.8, 4) is 5.75 Å². The van der Waals surface area contributed by atoms with Gasteiger partial charge in [0.1, 0.15) is 12.2 Å². The van der Waals surface area contributed by atoms with Crippen LogP contribution in [-0.4, -0.2) is 18.7 Å². The quantitative estimate of drug-likeness (QED) is 0.898. The Morgan fingerprint density at radius 3 is 2.89 bits per heavy atom. The third-order valence-electron chi connectivity index (χ3n) is 2.72. The molecule has 1 atom stereocenters. The Labute approximate surface area is 116 Å². The van der Waals surface area contributed by atoms with Gasteiger partial charge in [-0.2, -0.15) is 13.2 Å². The average molecular weight is 338 g/mol. The van der Waals surface area contributed by atoms with Crippen LogP contribution in [0.1, 0.15) is 24.4 Å². The first-order valence-electron chi connectivity index (χ1n) is 5.64. The summed E-state index contributed by atoms with van der Waals surface area (Å²) >= 11 is 3.31. The lowest BCUT2D eigenvalue weighted by molar-refractivity contribution is -0.154. The minimum absolute atomic E-state index is 0.354. The number of rotatable bonds is 2. The second kappa shape index (κ2) is 5.40. The third kappa shape index (κ3) is 3.62. The van der Waals surface area contributed by atoms with E-state index in [1.54, 1.807) is 18.2 Å². The van der Waals surface area contributed by atoms with Crippen LogP contribution >= 0.6 is 15.9 Å². The Hall–Kier alpha value is -1.24. The molecule has 0 bridgehead atoms. The number of hydrogen-bond acceptors (Lipinski definition) is 2. The zero-order valence-corrected chi connectivity index (χ0v) is 11.3. The van der Waals surface area contributed by atoms with Crippen molar-refractivity contribution in [3.05, 3.63) is 28.2 Å². The first kappa shape index (κ1) is 14.2. The summed E-state index contributed by atoms with van der Waals surface area (Å²) in [6.07, 6.45) is -5.50. The maximum Gasteiger partial charge on any atom is 0.397 e. The van der Waals surface area contributed by atoms with E-state index in [9.17, 15) is 18.0 Å². The van der Waals surface area contributed by atoms with Gasteiger partial charge in [0.2, 0.25) is 5.91 Å². The van der Waals surface area contributed by atoms with Gasteiger partial charge in [-0.15, -0.1) is 0 Å². The largest absolute Gasteiger partial charge is 0.492 e. The van der Waals surface area contributed by atoms with Gasteiger partial charge in [0.15, 0.2) is 0 Å². The molecule has 0 aliphatic carbocycles. The van der Waals surface area contributed by atoms with E-state index in [-0.39, 0.29) is 0 Å². The summed E-state index contributed by atoms with van der Waals surface area (Å²) in [7, 11) is 0. The lowest BCUT2D eigenvalue weighted by atomic mass is 10.0. The van der Waals surface area contributed by atoms with Crippen LogP contribution in [0.5, 0.6) is 5.75 Å². The molecule has 104 valence electrons.